The number of likely N-dealkylation sites (tertiary alicyclic amines) is 1. The summed E-state index contributed by atoms with van der Waals surface area (Å²) < 4.78 is 2.05. The van der Waals surface area contributed by atoms with Crippen LogP contribution in [0.15, 0.2) is 61.1 Å². The molecule has 3 heterocycles. The lowest BCUT2D eigenvalue weighted by Gasteiger charge is -2.33. The lowest BCUT2D eigenvalue weighted by molar-refractivity contribution is -0.123. The zero-order valence-corrected chi connectivity index (χ0v) is 18.8. The summed E-state index contributed by atoms with van der Waals surface area (Å²) in [5.74, 6) is 1.32. The molecule has 0 bridgehead atoms. The third-order valence-electron chi connectivity index (χ3n) is 6.72. The molecule has 1 N–H and O–H groups in total. The number of nitrogens with zero attached hydrogens (tertiary/aromatic N) is 4. The molecule has 2 aliphatic rings. The SMILES string of the molecule is O=C(NC[C@@H]1CCCN(Cc2cccn2-c2ncccn2)C1)C1(c2ccc(Cl)cc2)CC1. The van der Waals surface area contributed by atoms with E-state index in [1.54, 1.807) is 12.4 Å². The predicted octanol–water partition coefficient (Wildman–Crippen LogP) is 3.98. The Bertz CT molecular complexity index is 1060. The minimum absolute atomic E-state index is 0.159. The summed E-state index contributed by atoms with van der Waals surface area (Å²) in [5.41, 5.74) is 1.91. The number of rotatable bonds is 7. The van der Waals surface area contributed by atoms with Crippen LogP contribution in [0.2, 0.25) is 5.02 Å². The molecule has 1 aliphatic carbocycles. The van der Waals surface area contributed by atoms with Gasteiger partial charge >= 0.3 is 0 Å². The van der Waals surface area contributed by atoms with E-state index in [-0.39, 0.29) is 11.3 Å². The van der Waals surface area contributed by atoms with Crippen LogP contribution >= 0.6 is 11.6 Å². The number of nitrogens with one attached hydrogen (secondary N) is 1. The molecule has 1 amide bonds. The molecule has 0 radical (unpaired) electrons. The van der Waals surface area contributed by atoms with E-state index in [4.69, 9.17) is 11.6 Å². The molecule has 3 aromatic rings. The molecule has 1 saturated carbocycles. The summed E-state index contributed by atoms with van der Waals surface area (Å²) in [5, 5.41) is 3.97. The van der Waals surface area contributed by atoms with Gasteiger partial charge in [0.05, 0.1) is 5.41 Å². The molecule has 2 aromatic heterocycles. The van der Waals surface area contributed by atoms with E-state index in [1.807, 2.05) is 47.2 Å². The van der Waals surface area contributed by atoms with Gasteiger partial charge in [0.15, 0.2) is 0 Å². The van der Waals surface area contributed by atoms with Crippen LogP contribution in [0, 0.1) is 5.92 Å². The van der Waals surface area contributed by atoms with E-state index in [1.165, 1.54) is 5.69 Å². The summed E-state index contributed by atoms with van der Waals surface area (Å²) in [6, 6.07) is 13.7. The molecule has 0 spiro atoms. The first kappa shape index (κ1) is 21.2. The minimum Gasteiger partial charge on any atom is -0.355 e. The molecule has 166 valence electrons. The standard InChI is InChI=1S/C25H28ClN5O/c26-21-8-6-20(7-9-21)25(10-11-25)23(32)29-16-19-4-1-14-30(17-19)18-22-5-2-15-31(22)24-27-12-3-13-28-24/h2-3,5-9,12-13,15,19H,1,4,10-11,14,16-18H2,(H,29,32)/t19-/m0/s1. The second-order valence-corrected chi connectivity index (χ2v) is 9.40. The van der Waals surface area contributed by atoms with Crippen LogP contribution in [0.4, 0.5) is 0 Å². The van der Waals surface area contributed by atoms with Gasteiger partial charge in [-0.15, -0.1) is 0 Å². The van der Waals surface area contributed by atoms with Crippen LogP contribution in [0.3, 0.4) is 0 Å². The van der Waals surface area contributed by atoms with Crippen molar-refractivity contribution in [3.63, 3.8) is 0 Å². The van der Waals surface area contributed by atoms with Gasteiger partial charge in [-0.3, -0.25) is 14.3 Å². The van der Waals surface area contributed by atoms with Gasteiger partial charge in [-0.05, 0) is 74.0 Å². The molecule has 0 unspecified atom stereocenters. The monoisotopic (exact) mass is 449 g/mol. The Kier molecular flexibility index (Phi) is 5.98. The van der Waals surface area contributed by atoms with Crippen molar-refractivity contribution < 1.29 is 4.79 Å². The second kappa shape index (κ2) is 9.04. The number of hydrogen-bond acceptors (Lipinski definition) is 4. The first-order valence-corrected chi connectivity index (χ1v) is 11.7. The van der Waals surface area contributed by atoms with E-state index in [0.717, 1.165) is 57.4 Å². The molecular weight excluding hydrogens is 422 g/mol. The number of hydrogen-bond donors (Lipinski definition) is 1. The molecule has 7 heteroatoms. The fourth-order valence-corrected chi connectivity index (χ4v) is 4.92. The van der Waals surface area contributed by atoms with E-state index < -0.39 is 0 Å². The Morgan fingerprint density at radius 2 is 1.91 bits per heavy atom. The zero-order valence-electron chi connectivity index (χ0n) is 18.1. The second-order valence-electron chi connectivity index (χ2n) is 8.96. The maximum Gasteiger partial charge on any atom is 0.233 e. The van der Waals surface area contributed by atoms with Gasteiger partial charge in [0.25, 0.3) is 0 Å². The summed E-state index contributed by atoms with van der Waals surface area (Å²) in [7, 11) is 0. The lowest BCUT2D eigenvalue weighted by atomic mass is 9.93. The normalized spacial score (nSPS) is 20.1. The Morgan fingerprint density at radius 1 is 1.12 bits per heavy atom. The third-order valence-corrected chi connectivity index (χ3v) is 6.97. The summed E-state index contributed by atoms with van der Waals surface area (Å²) in [6.07, 6.45) is 9.66. The number of aromatic nitrogens is 3. The van der Waals surface area contributed by atoms with Crippen molar-refractivity contribution in [2.45, 2.75) is 37.6 Å². The molecule has 1 atom stereocenters. The number of benzene rings is 1. The summed E-state index contributed by atoms with van der Waals surface area (Å²) in [6.45, 7) is 3.63. The van der Waals surface area contributed by atoms with Crippen LogP contribution < -0.4 is 5.32 Å². The van der Waals surface area contributed by atoms with Gasteiger partial charge in [0.1, 0.15) is 0 Å². The predicted molar refractivity (Wildman–Crippen MR) is 125 cm³/mol. The molecule has 2 fully saturated rings. The highest BCUT2D eigenvalue weighted by Gasteiger charge is 2.51. The smallest absolute Gasteiger partial charge is 0.233 e. The van der Waals surface area contributed by atoms with Gasteiger partial charge in [-0.2, -0.15) is 0 Å². The topological polar surface area (TPSA) is 63.1 Å². The molecular formula is C25H28ClN5O. The average molecular weight is 450 g/mol. The van der Waals surface area contributed by atoms with E-state index in [0.29, 0.717) is 16.9 Å². The molecule has 1 aromatic carbocycles. The highest BCUT2D eigenvalue weighted by Crippen LogP contribution is 2.48. The van der Waals surface area contributed by atoms with Gasteiger partial charge in [0, 0.05) is 48.9 Å². The summed E-state index contributed by atoms with van der Waals surface area (Å²) >= 11 is 6.02. The molecule has 5 rings (SSSR count). The van der Waals surface area contributed by atoms with Crippen molar-refractivity contribution in [1.29, 1.82) is 0 Å². The van der Waals surface area contributed by atoms with Crippen molar-refractivity contribution in [3.8, 4) is 5.95 Å². The van der Waals surface area contributed by atoms with Gasteiger partial charge in [-0.1, -0.05) is 23.7 Å². The van der Waals surface area contributed by atoms with Gasteiger partial charge in [0.2, 0.25) is 11.9 Å². The van der Waals surface area contributed by atoms with Crippen LogP contribution in [-0.4, -0.2) is 45.0 Å². The molecule has 1 saturated heterocycles. The van der Waals surface area contributed by atoms with E-state index in [9.17, 15) is 4.79 Å². The van der Waals surface area contributed by atoms with Gasteiger partial charge in [-0.25, -0.2) is 9.97 Å². The Hall–Kier alpha value is -2.70. The van der Waals surface area contributed by atoms with E-state index in [2.05, 4.69) is 26.3 Å². The van der Waals surface area contributed by atoms with E-state index >= 15 is 0 Å². The quantitative estimate of drug-likeness (QED) is 0.592. The Morgan fingerprint density at radius 3 is 2.66 bits per heavy atom. The van der Waals surface area contributed by atoms with Crippen molar-refractivity contribution in [3.05, 3.63) is 77.3 Å². The first-order chi connectivity index (χ1) is 15.6. The van der Waals surface area contributed by atoms with Crippen LogP contribution in [0.1, 0.15) is 36.9 Å². The van der Waals surface area contributed by atoms with Crippen molar-refractivity contribution in [2.24, 2.45) is 5.92 Å². The number of halogens is 1. The number of carbonyl (C=O) groups is 1. The fraction of sp³-hybridized carbons (Fsp3) is 0.400. The highest BCUT2D eigenvalue weighted by molar-refractivity contribution is 6.30. The third kappa shape index (κ3) is 4.43. The maximum atomic E-state index is 13.0. The highest BCUT2D eigenvalue weighted by atomic mass is 35.5. The zero-order chi connectivity index (χ0) is 22.0. The molecule has 1 aliphatic heterocycles. The van der Waals surface area contributed by atoms with Crippen LogP contribution in [0.25, 0.3) is 5.95 Å². The van der Waals surface area contributed by atoms with Crippen molar-refractivity contribution in [2.75, 3.05) is 19.6 Å². The Labute approximate surface area is 193 Å². The van der Waals surface area contributed by atoms with Crippen LogP contribution in [-0.2, 0) is 16.8 Å². The maximum absolute atomic E-state index is 13.0. The molecule has 6 nitrogen and oxygen atoms in total. The Balaban J connectivity index is 1.17. The fourth-order valence-electron chi connectivity index (χ4n) is 4.79. The summed E-state index contributed by atoms with van der Waals surface area (Å²) in [4.78, 5) is 24.2. The number of carbonyl (C=O) groups excluding carboxylic acids is 1. The number of piperidine rings is 1. The van der Waals surface area contributed by atoms with Crippen LogP contribution in [0.5, 0.6) is 0 Å². The average Bonchev–Trinajstić information content (AvgIpc) is 3.51. The van der Waals surface area contributed by atoms with Gasteiger partial charge < -0.3 is 5.32 Å². The van der Waals surface area contributed by atoms with Crippen molar-refractivity contribution in [1.82, 2.24) is 24.8 Å². The largest absolute Gasteiger partial charge is 0.355 e. The van der Waals surface area contributed by atoms with Crippen molar-refractivity contribution >= 4 is 17.5 Å². The number of amides is 1. The lowest BCUT2D eigenvalue weighted by Crippen LogP contribution is -2.43. The molecule has 32 heavy (non-hydrogen) atoms. The first-order valence-electron chi connectivity index (χ1n) is 11.3. The minimum atomic E-state index is -0.352.